The molecule has 0 spiro atoms. The van der Waals surface area contributed by atoms with E-state index in [1.165, 1.54) is 12.1 Å². The Morgan fingerprint density at radius 3 is 2.88 bits per heavy atom. The Balaban J connectivity index is 1.57. The fraction of sp³-hybridized carbons (Fsp3) is 0.118. The highest BCUT2D eigenvalue weighted by Gasteiger charge is 2.20. The SMILES string of the molecule is Fc1cccc(-c2nc3c([nH]2)C=NN(Cc2ccc(Cl)nc2)C3)c1F. The number of benzene rings is 1. The first kappa shape index (κ1) is 15.7. The second-order valence-electron chi connectivity index (χ2n) is 5.60. The van der Waals surface area contributed by atoms with Gasteiger partial charge in [0.15, 0.2) is 11.6 Å². The van der Waals surface area contributed by atoms with Gasteiger partial charge in [-0.15, -0.1) is 0 Å². The molecule has 3 aromatic rings. The van der Waals surface area contributed by atoms with Crippen LogP contribution >= 0.6 is 11.6 Å². The van der Waals surface area contributed by atoms with Crippen molar-refractivity contribution in [2.45, 2.75) is 13.1 Å². The lowest BCUT2D eigenvalue weighted by atomic mass is 10.2. The molecule has 0 bridgehead atoms. The number of nitrogens with one attached hydrogen (secondary N) is 1. The Labute approximate surface area is 147 Å². The van der Waals surface area contributed by atoms with Crippen LogP contribution in [0.15, 0.2) is 41.6 Å². The monoisotopic (exact) mass is 359 g/mol. The highest BCUT2D eigenvalue weighted by molar-refractivity contribution is 6.29. The summed E-state index contributed by atoms with van der Waals surface area (Å²) in [6, 6.07) is 7.60. The zero-order valence-electron chi connectivity index (χ0n) is 12.9. The third kappa shape index (κ3) is 3.10. The lowest BCUT2D eigenvalue weighted by molar-refractivity contribution is 0.264. The summed E-state index contributed by atoms with van der Waals surface area (Å²) in [6.45, 7) is 0.985. The van der Waals surface area contributed by atoms with Crippen molar-refractivity contribution in [3.63, 3.8) is 0 Å². The fourth-order valence-corrected chi connectivity index (χ4v) is 2.74. The van der Waals surface area contributed by atoms with Gasteiger partial charge in [-0.05, 0) is 23.8 Å². The van der Waals surface area contributed by atoms with E-state index in [4.69, 9.17) is 11.6 Å². The van der Waals surface area contributed by atoms with Gasteiger partial charge in [-0.2, -0.15) is 5.10 Å². The molecule has 0 saturated heterocycles. The van der Waals surface area contributed by atoms with E-state index < -0.39 is 11.6 Å². The number of nitrogens with zero attached hydrogens (tertiary/aromatic N) is 4. The van der Waals surface area contributed by atoms with Crippen LogP contribution in [-0.2, 0) is 13.1 Å². The minimum Gasteiger partial charge on any atom is -0.337 e. The van der Waals surface area contributed by atoms with E-state index in [9.17, 15) is 8.78 Å². The van der Waals surface area contributed by atoms with Crippen LogP contribution in [0.3, 0.4) is 0 Å². The molecule has 1 aliphatic rings. The van der Waals surface area contributed by atoms with E-state index in [1.54, 1.807) is 23.5 Å². The van der Waals surface area contributed by atoms with Crippen molar-refractivity contribution in [1.82, 2.24) is 20.0 Å². The third-order valence-electron chi connectivity index (χ3n) is 3.85. The number of fused-ring (bicyclic) bond motifs is 1. The molecule has 5 nitrogen and oxygen atoms in total. The number of aromatic amines is 1. The first-order valence-electron chi connectivity index (χ1n) is 7.53. The molecule has 126 valence electrons. The quantitative estimate of drug-likeness (QED) is 0.724. The predicted octanol–water partition coefficient (Wildman–Crippen LogP) is 3.75. The average Bonchev–Trinajstić information content (AvgIpc) is 3.02. The van der Waals surface area contributed by atoms with Crippen molar-refractivity contribution < 1.29 is 8.78 Å². The summed E-state index contributed by atoms with van der Waals surface area (Å²) in [7, 11) is 0. The molecule has 4 rings (SSSR count). The predicted molar refractivity (Wildman–Crippen MR) is 90.0 cm³/mol. The summed E-state index contributed by atoms with van der Waals surface area (Å²) in [5, 5.41) is 6.58. The summed E-state index contributed by atoms with van der Waals surface area (Å²) in [6.07, 6.45) is 3.31. The number of aromatic nitrogens is 3. The fourth-order valence-electron chi connectivity index (χ4n) is 2.62. The zero-order valence-corrected chi connectivity index (χ0v) is 13.6. The molecule has 0 fully saturated rings. The van der Waals surface area contributed by atoms with Crippen LogP contribution in [0.2, 0.25) is 5.15 Å². The standard InChI is InChI=1S/C17H12ClF2N5/c18-15-5-4-10(6-21-15)8-25-9-14-13(7-22-25)23-17(24-14)11-2-1-3-12(19)16(11)20/h1-7H,8-9H2,(H,23,24). The number of halogens is 3. The minimum atomic E-state index is -0.922. The van der Waals surface area contributed by atoms with E-state index >= 15 is 0 Å². The average molecular weight is 360 g/mol. The Morgan fingerprint density at radius 2 is 2.08 bits per heavy atom. The van der Waals surface area contributed by atoms with Crippen LogP contribution in [0, 0.1) is 11.6 Å². The molecule has 1 aliphatic heterocycles. The molecule has 0 saturated carbocycles. The smallest absolute Gasteiger partial charge is 0.169 e. The molecule has 2 aromatic heterocycles. The van der Waals surface area contributed by atoms with Gasteiger partial charge in [-0.25, -0.2) is 18.7 Å². The summed E-state index contributed by atoms with van der Waals surface area (Å²) < 4.78 is 27.4. The number of imidazole rings is 1. The number of hydrazone groups is 1. The Kier molecular flexibility index (Phi) is 3.93. The van der Waals surface area contributed by atoms with E-state index in [-0.39, 0.29) is 11.4 Å². The van der Waals surface area contributed by atoms with Crippen molar-refractivity contribution >= 4 is 17.8 Å². The Bertz CT molecular complexity index is 952. The summed E-state index contributed by atoms with van der Waals surface area (Å²) in [5.41, 5.74) is 2.45. The molecule has 1 N–H and O–H groups in total. The lowest BCUT2D eigenvalue weighted by Crippen LogP contribution is -2.21. The van der Waals surface area contributed by atoms with Crippen molar-refractivity contribution in [2.75, 3.05) is 0 Å². The second kappa shape index (κ2) is 6.25. The molecule has 0 atom stereocenters. The highest BCUT2D eigenvalue weighted by atomic mass is 35.5. The van der Waals surface area contributed by atoms with Crippen molar-refractivity contribution in [3.8, 4) is 11.4 Å². The van der Waals surface area contributed by atoms with Crippen molar-refractivity contribution in [1.29, 1.82) is 0 Å². The molecular weight excluding hydrogens is 348 g/mol. The van der Waals surface area contributed by atoms with Crippen molar-refractivity contribution in [2.24, 2.45) is 5.10 Å². The normalized spacial score (nSPS) is 13.2. The van der Waals surface area contributed by atoms with Crippen LogP contribution < -0.4 is 0 Å². The third-order valence-corrected chi connectivity index (χ3v) is 4.08. The second-order valence-corrected chi connectivity index (χ2v) is 5.99. The van der Waals surface area contributed by atoms with Gasteiger partial charge in [0.1, 0.15) is 11.0 Å². The Morgan fingerprint density at radius 1 is 1.20 bits per heavy atom. The van der Waals surface area contributed by atoms with Gasteiger partial charge in [0.2, 0.25) is 0 Å². The summed E-state index contributed by atoms with van der Waals surface area (Å²) in [4.78, 5) is 11.4. The van der Waals surface area contributed by atoms with E-state index in [1.807, 2.05) is 6.07 Å². The van der Waals surface area contributed by atoms with E-state index in [2.05, 4.69) is 20.1 Å². The number of hydrogen-bond donors (Lipinski definition) is 1. The molecule has 0 radical (unpaired) electrons. The topological polar surface area (TPSA) is 57.2 Å². The number of hydrogen-bond acceptors (Lipinski definition) is 4. The maximum Gasteiger partial charge on any atom is 0.169 e. The summed E-state index contributed by atoms with van der Waals surface area (Å²) in [5.74, 6) is -1.55. The van der Waals surface area contributed by atoms with Gasteiger partial charge in [-0.1, -0.05) is 23.7 Å². The van der Waals surface area contributed by atoms with Crippen LogP contribution in [-0.4, -0.2) is 26.2 Å². The maximum absolute atomic E-state index is 14.0. The van der Waals surface area contributed by atoms with Crippen LogP contribution in [0.5, 0.6) is 0 Å². The zero-order chi connectivity index (χ0) is 17.4. The molecule has 0 aliphatic carbocycles. The van der Waals surface area contributed by atoms with Crippen LogP contribution in [0.4, 0.5) is 8.78 Å². The van der Waals surface area contributed by atoms with E-state index in [0.29, 0.717) is 23.9 Å². The molecule has 0 amide bonds. The largest absolute Gasteiger partial charge is 0.337 e. The maximum atomic E-state index is 14.0. The first-order valence-corrected chi connectivity index (χ1v) is 7.90. The number of rotatable bonds is 3. The molecule has 25 heavy (non-hydrogen) atoms. The summed E-state index contributed by atoms with van der Waals surface area (Å²) >= 11 is 5.78. The molecule has 1 aromatic carbocycles. The number of H-pyrrole nitrogens is 1. The van der Waals surface area contributed by atoms with Crippen molar-refractivity contribution in [3.05, 3.63) is 70.3 Å². The van der Waals surface area contributed by atoms with E-state index in [0.717, 1.165) is 17.3 Å². The first-order chi connectivity index (χ1) is 12.1. The minimum absolute atomic E-state index is 0.0938. The highest BCUT2D eigenvalue weighted by Crippen LogP contribution is 2.25. The van der Waals surface area contributed by atoms with Gasteiger partial charge < -0.3 is 4.98 Å². The molecule has 0 unspecified atom stereocenters. The van der Waals surface area contributed by atoms with Gasteiger partial charge in [0.25, 0.3) is 0 Å². The molecular formula is C17H12ClF2N5. The van der Waals surface area contributed by atoms with Crippen LogP contribution in [0.25, 0.3) is 11.4 Å². The number of pyridine rings is 1. The van der Waals surface area contributed by atoms with Gasteiger partial charge in [0.05, 0.1) is 36.3 Å². The van der Waals surface area contributed by atoms with Gasteiger partial charge in [-0.3, -0.25) is 5.01 Å². The van der Waals surface area contributed by atoms with Crippen LogP contribution in [0.1, 0.15) is 17.0 Å². The van der Waals surface area contributed by atoms with Gasteiger partial charge in [0, 0.05) is 6.20 Å². The molecule has 3 heterocycles. The van der Waals surface area contributed by atoms with Gasteiger partial charge >= 0.3 is 0 Å². The molecule has 8 heteroatoms. The Hall–Kier alpha value is -2.80. The lowest BCUT2D eigenvalue weighted by Gasteiger charge is -2.21.